The van der Waals surface area contributed by atoms with E-state index >= 15 is 0 Å². The van der Waals surface area contributed by atoms with Gasteiger partial charge in [-0.05, 0) is 36.5 Å². The molecule has 128 valence electrons. The molecule has 24 heavy (non-hydrogen) atoms. The van der Waals surface area contributed by atoms with E-state index in [0.717, 1.165) is 41.4 Å². The molecule has 1 amide bonds. The van der Waals surface area contributed by atoms with Gasteiger partial charge in [-0.3, -0.25) is 9.89 Å². The quantitative estimate of drug-likeness (QED) is 0.812. The number of carbonyl (C=O) groups is 1. The lowest BCUT2D eigenvalue weighted by molar-refractivity contribution is 0.0573. The zero-order valence-electron chi connectivity index (χ0n) is 13.8. The predicted octanol–water partition coefficient (Wildman–Crippen LogP) is 2.30. The van der Waals surface area contributed by atoms with Crippen LogP contribution in [-0.2, 0) is 5.75 Å². The molecular weight excluding hydrogens is 322 g/mol. The number of piperidine rings is 1. The van der Waals surface area contributed by atoms with Crippen molar-refractivity contribution in [3.05, 3.63) is 41.7 Å². The Kier molecular flexibility index (Phi) is 5.52. The largest absolute Gasteiger partial charge is 0.334 e. The molecule has 2 heterocycles. The molecule has 2 unspecified atom stereocenters. The number of amides is 1. The second-order valence-corrected chi connectivity index (χ2v) is 7.26. The minimum Gasteiger partial charge on any atom is -0.334 e. The van der Waals surface area contributed by atoms with Crippen LogP contribution in [0.5, 0.6) is 0 Å². The van der Waals surface area contributed by atoms with Gasteiger partial charge in [-0.25, -0.2) is 4.98 Å². The third-order valence-corrected chi connectivity index (χ3v) is 5.43. The molecule has 1 aromatic heterocycles. The standard InChI is InChI=1S/C17H23N5OS/c1-12-6-7-22(15(8-12)9-18)16(23)14-4-2-13(3-5-14)10-24-17-19-11-20-21-17/h2-5,11-12,15H,6-10,18H2,1H3,(H,19,20,21). The first-order valence-electron chi connectivity index (χ1n) is 8.25. The van der Waals surface area contributed by atoms with E-state index in [9.17, 15) is 4.79 Å². The molecule has 1 aliphatic heterocycles. The Bertz CT molecular complexity index is 658. The molecule has 1 aliphatic rings. The van der Waals surface area contributed by atoms with E-state index in [1.807, 2.05) is 29.2 Å². The van der Waals surface area contributed by atoms with Gasteiger partial charge in [-0.1, -0.05) is 30.8 Å². The normalized spacial score (nSPS) is 21.0. The fraction of sp³-hybridized carbons (Fsp3) is 0.471. The first kappa shape index (κ1) is 17.0. The Labute approximate surface area is 146 Å². The van der Waals surface area contributed by atoms with Crippen LogP contribution in [0.3, 0.4) is 0 Å². The summed E-state index contributed by atoms with van der Waals surface area (Å²) in [5.74, 6) is 1.51. The number of nitrogens with one attached hydrogen (secondary N) is 1. The van der Waals surface area contributed by atoms with Crippen molar-refractivity contribution >= 4 is 17.7 Å². The number of hydrogen-bond acceptors (Lipinski definition) is 5. The van der Waals surface area contributed by atoms with Crippen LogP contribution >= 0.6 is 11.8 Å². The summed E-state index contributed by atoms with van der Waals surface area (Å²) in [6, 6.07) is 7.97. The van der Waals surface area contributed by atoms with E-state index in [0.29, 0.717) is 12.5 Å². The number of aromatic amines is 1. The third-order valence-electron chi connectivity index (χ3n) is 4.48. The number of carbonyl (C=O) groups excluding carboxylic acids is 1. The molecule has 0 bridgehead atoms. The number of nitrogens with two attached hydrogens (primary N) is 1. The average molecular weight is 345 g/mol. The molecule has 1 fully saturated rings. The minimum absolute atomic E-state index is 0.0896. The lowest BCUT2D eigenvalue weighted by Gasteiger charge is -2.38. The Balaban J connectivity index is 1.62. The summed E-state index contributed by atoms with van der Waals surface area (Å²) in [5, 5.41) is 7.45. The molecule has 2 atom stereocenters. The van der Waals surface area contributed by atoms with Gasteiger partial charge in [-0.2, -0.15) is 5.10 Å². The van der Waals surface area contributed by atoms with E-state index in [1.54, 1.807) is 11.8 Å². The van der Waals surface area contributed by atoms with Crippen molar-refractivity contribution in [2.24, 2.45) is 11.7 Å². The summed E-state index contributed by atoms with van der Waals surface area (Å²) in [4.78, 5) is 18.8. The van der Waals surface area contributed by atoms with Crippen molar-refractivity contribution in [3.63, 3.8) is 0 Å². The monoisotopic (exact) mass is 345 g/mol. The highest BCUT2D eigenvalue weighted by atomic mass is 32.2. The molecule has 0 radical (unpaired) electrons. The highest BCUT2D eigenvalue weighted by Gasteiger charge is 2.29. The maximum absolute atomic E-state index is 12.8. The number of thioether (sulfide) groups is 1. The summed E-state index contributed by atoms with van der Waals surface area (Å²) in [6.45, 7) is 3.55. The van der Waals surface area contributed by atoms with Crippen LogP contribution in [0.2, 0.25) is 0 Å². The summed E-state index contributed by atoms with van der Waals surface area (Å²) >= 11 is 1.59. The van der Waals surface area contributed by atoms with E-state index in [2.05, 4.69) is 22.1 Å². The molecule has 0 aliphatic carbocycles. The molecular formula is C17H23N5OS. The molecule has 7 heteroatoms. The zero-order chi connectivity index (χ0) is 16.9. The molecule has 2 aromatic rings. The predicted molar refractivity (Wildman–Crippen MR) is 94.7 cm³/mol. The Morgan fingerprint density at radius 1 is 1.42 bits per heavy atom. The topological polar surface area (TPSA) is 87.9 Å². The van der Waals surface area contributed by atoms with Crippen LogP contribution < -0.4 is 5.73 Å². The SMILES string of the molecule is CC1CCN(C(=O)c2ccc(CSc3ncn[nH]3)cc2)C(CN)C1. The number of hydrogen-bond donors (Lipinski definition) is 2. The van der Waals surface area contributed by atoms with E-state index < -0.39 is 0 Å². The van der Waals surface area contributed by atoms with Gasteiger partial charge in [0.25, 0.3) is 5.91 Å². The Morgan fingerprint density at radius 3 is 2.88 bits per heavy atom. The number of likely N-dealkylation sites (tertiary alicyclic amines) is 1. The van der Waals surface area contributed by atoms with Crippen LogP contribution in [-0.4, -0.2) is 45.1 Å². The van der Waals surface area contributed by atoms with Gasteiger partial charge in [0.05, 0.1) is 0 Å². The Morgan fingerprint density at radius 2 is 2.21 bits per heavy atom. The molecule has 1 aromatic carbocycles. The lowest BCUT2D eigenvalue weighted by Crippen LogP contribution is -2.49. The van der Waals surface area contributed by atoms with Gasteiger partial charge in [0.2, 0.25) is 0 Å². The van der Waals surface area contributed by atoms with Crippen LogP contribution in [0, 0.1) is 5.92 Å². The second kappa shape index (κ2) is 7.81. The lowest BCUT2D eigenvalue weighted by atomic mass is 9.92. The van der Waals surface area contributed by atoms with Gasteiger partial charge < -0.3 is 10.6 Å². The fourth-order valence-electron chi connectivity index (χ4n) is 3.07. The van der Waals surface area contributed by atoms with Crippen LogP contribution in [0.15, 0.2) is 35.7 Å². The number of rotatable bonds is 5. The van der Waals surface area contributed by atoms with Crippen molar-refractivity contribution < 1.29 is 4.79 Å². The molecule has 6 nitrogen and oxygen atoms in total. The van der Waals surface area contributed by atoms with Crippen LogP contribution in [0.4, 0.5) is 0 Å². The molecule has 0 spiro atoms. The smallest absolute Gasteiger partial charge is 0.254 e. The minimum atomic E-state index is 0.0896. The van der Waals surface area contributed by atoms with Gasteiger partial charge >= 0.3 is 0 Å². The van der Waals surface area contributed by atoms with Crippen LogP contribution in [0.25, 0.3) is 0 Å². The highest BCUT2D eigenvalue weighted by Crippen LogP contribution is 2.24. The van der Waals surface area contributed by atoms with Gasteiger partial charge in [-0.15, -0.1) is 0 Å². The van der Waals surface area contributed by atoms with Crippen molar-refractivity contribution in [2.75, 3.05) is 13.1 Å². The van der Waals surface area contributed by atoms with E-state index in [4.69, 9.17) is 5.73 Å². The fourth-order valence-corrected chi connectivity index (χ4v) is 3.80. The maximum atomic E-state index is 12.8. The molecule has 1 saturated heterocycles. The summed E-state index contributed by atoms with van der Waals surface area (Å²) in [5.41, 5.74) is 7.75. The van der Waals surface area contributed by atoms with Crippen molar-refractivity contribution in [1.82, 2.24) is 20.1 Å². The molecule has 3 N–H and O–H groups in total. The second-order valence-electron chi connectivity index (χ2n) is 6.29. The van der Waals surface area contributed by atoms with Crippen molar-refractivity contribution in [3.8, 4) is 0 Å². The third kappa shape index (κ3) is 3.96. The maximum Gasteiger partial charge on any atom is 0.254 e. The molecule has 0 saturated carbocycles. The van der Waals surface area contributed by atoms with Gasteiger partial charge in [0.1, 0.15) is 6.33 Å². The first-order chi connectivity index (χ1) is 11.7. The zero-order valence-corrected chi connectivity index (χ0v) is 14.6. The summed E-state index contributed by atoms with van der Waals surface area (Å²) in [7, 11) is 0. The average Bonchev–Trinajstić information content (AvgIpc) is 3.13. The van der Waals surface area contributed by atoms with Gasteiger partial charge in [0, 0.05) is 30.4 Å². The van der Waals surface area contributed by atoms with E-state index in [-0.39, 0.29) is 11.9 Å². The van der Waals surface area contributed by atoms with Crippen molar-refractivity contribution in [2.45, 2.75) is 36.7 Å². The first-order valence-corrected chi connectivity index (χ1v) is 9.24. The van der Waals surface area contributed by atoms with Crippen molar-refractivity contribution in [1.29, 1.82) is 0 Å². The number of H-pyrrole nitrogens is 1. The van der Waals surface area contributed by atoms with Crippen LogP contribution in [0.1, 0.15) is 35.7 Å². The molecule has 3 rings (SSSR count). The van der Waals surface area contributed by atoms with Gasteiger partial charge in [0.15, 0.2) is 5.16 Å². The summed E-state index contributed by atoms with van der Waals surface area (Å²) < 4.78 is 0. The number of nitrogens with zero attached hydrogens (tertiary/aromatic N) is 3. The number of benzene rings is 1. The summed E-state index contributed by atoms with van der Waals surface area (Å²) in [6.07, 6.45) is 3.54. The Hall–Kier alpha value is -1.86. The van der Waals surface area contributed by atoms with E-state index in [1.165, 1.54) is 6.33 Å². The number of aromatic nitrogens is 3. The highest BCUT2D eigenvalue weighted by molar-refractivity contribution is 7.98.